The van der Waals surface area contributed by atoms with Gasteiger partial charge in [0.15, 0.2) is 11.6 Å². The predicted molar refractivity (Wildman–Crippen MR) is 190 cm³/mol. The molecule has 5 nitrogen and oxygen atoms in total. The number of aryl methyl sites for hydroxylation is 2. The summed E-state index contributed by atoms with van der Waals surface area (Å²) in [7, 11) is 1.78. The van der Waals surface area contributed by atoms with Gasteiger partial charge in [0.2, 0.25) is 0 Å². The van der Waals surface area contributed by atoms with Gasteiger partial charge < -0.3 is 9.47 Å². The fraction of sp³-hybridized carbons (Fsp3) is 0.548. The van der Waals surface area contributed by atoms with Crippen molar-refractivity contribution in [1.29, 1.82) is 0 Å². The van der Waals surface area contributed by atoms with Gasteiger partial charge in [0.25, 0.3) is 0 Å². The lowest BCUT2D eigenvalue weighted by Gasteiger charge is -2.25. The first-order valence-corrected chi connectivity index (χ1v) is 18.2. The van der Waals surface area contributed by atoms with E-state index >= 15 is 0 Å². The highest BCUT2D eigenvalue weighted by Crippen LogP contribution is 2.34. The molecule has 1 aromatic heterocycles. The van der Waals surface area contributed by atoms with Crippen LogP contribution in [-0.2, 0) is 30.4 Å². The summed E-state index contributed by atoms with van der Waals surface area (Å²) < 4.78 is 11.4. The van der Waals surface area contributed by atoms with Gasteiger partial charge in [0.05, 0.1) is 6.61 Å². The molecule has 0 bridgehead atoms. The molecule has 0 radical (unpaired) electrons. The molecule has 47 heavy (non-hydrogen) atoms. The molecule has 5 rings (SSSR count). The van der Waals surface area contributed by atoms with Gasteiger partial charge >= 0.3 is 0 Å². The minimum absolute atomic E-state index is 0.232. The Hall–Kier alpha value is -3.31. The molecule has 0 amide bonds. The van der Waals surface area contributed by atoms with Crippen LogP contribution in [0.5, 0.6) is 5.75 Å². The van der Waals surface area contributed by atoms with Crippen molar-refractivity contribution in [1.82, 2.24) is 4.98 Å². The Morgan fingerprint density at radius 1 is 0.915 bits per heavy atom. The summed E-state index contributed by atoms with van der Waals surface area (Å²) in [6, 6.07) is 16.6. The van der Waals surface area contributed by atoms with Gasteiger partial charge in [-0.25, -0.2) is 0 Å². The van der Waals surface area contributed by atoms with Crippen LogP contribution in [0.3, 0.4) is 0 Å². The first-order valence-electron chi connectivity index (χ1n) is 18.2. The molecule has 3 aromatic rings. The maximum absolute atomic E-state index is 13.4. The standard InChI is InChI=1S/C42H55NO4/c1-5-32-25-34-12-7-8-13-38(34)41(45)23-29(3)22-36-28-43-37(27-39(32)36)19-18-33-16-17-35(26-42(33)47-6-2)40(44)24-31-11-9-10-30(14-15-31)20-21-46-4/h7-8,12-13,16-17,26-32H,5-6,9-11,14-15,18-25H2,1-4H3. The van der Waals surface area contributed by atoms with E-state index in [0.29, 0.717) is 31.3 Å². The molecule has 0 spiro atoms. The van der Waals surface area contributed by atoms with Gasteiger partial charge in [-0.05, 0) is 110 Å². The summed E-state index contributed by atoms with van der Waals surface area (Å²) in [5.74, 6) is 3.09. The number of Topliss-reactive ketones (excluding diaryl/α,β-unsaturated/α-hetero) is 2. The van der Waals surface area contributed by atoms with E-state index in [2.05, 4.69) is 44.3 Å². The molecule has 1 fully saturated rings. The third-order valence-electron chi connectivity index (χ3n) is 10.6. The van der Waals surface area contributed by atoms with Crippen LogP contribution in [0.15, 0.2) is 54.7 Å². The van der Waals surface area contributed by atoms with Gasteiger partial charge in [-0.3, -0.25) is 14.6 Å². The maximum Gasteiger partial charge on any atom is 0.163 e. The van der Waals surface area contributed by atoms with Crippen LogP contribution in [0.25, 0.3) is 0 Å². The summed E-state index contributed by atoms with van der Waals surface area (Å²) in [6.45, 7) is 7.83. The number of carbonyl (C=O) groups is 2. The van der Waals surface area contributed by atoms with Crippen LogP contribution < -0.4 is 4.74 Å². The van der Waals surface area contributed by atoms with Crippen molar-refractivity contribution in [3.05, 3.63) is 93.8 Å². The Bertz CT molecular complexity index is 1500. The second-order valence-electron chi connectivity index (χ2n) is 14.2. The molecule has 0 aliphatic heterocycles. The number of hydrogen-bond acceptors (Lipinski definition) is 5. The molecule has 0 N–H and O–H groups in total. The Balaban J connectivity index is 1.28. The van der Waals surface area contributed by atoms with Gasteiger partial charge in [-0.15, -0.1) is 0 Å². The number of ketones is 2. The van der Waals surface area contributed by atoms with Crippen molar-refractivity contribution >= 4 is 11.6 Å². The summed E-state index contributed by atoms with van der Waals surface area (Å²) in [6.07, 6.45) is 14.6. The van der Waals surface area contributed by atoms with Crippen LogP contribution in [0, 0.1) is 17.8 Å². The normalized spacial score (nSPS) is 21.7. The zero-order valence-corrected chi connectivity index (χ0v) is 29.2. The molecule has 2 aliphatic carbocycles. The molecule has 4 atom stereocenters. The average Bonchev–Trinajstić information content (AvgIpc) is 3.30. The molecular formula is C42H55NO4. The number of fused-ring (bicyclic) bond motifs is 2. The fourth-order valence-electron chi connectivity index (χ4n) is 7.92. The fourth-order valence-corrected chi connectivity index (χ4v) is 7.92. The number of methoxy groups -OCH3 is 1. The lowest BCUT2D eigenvalue weighted by Crippen LogP contribution is -2.17. The zero-order valence-electron chi connectivity index (χ0n) is 29.2. The summed E-state index contributed by atoms with van der Waals surface area (Å²) in [5, 5.41) is 0. The molecule has 2 aliphatic rings. The highest BCUT2D eigenvalue weighted by Gasteiger charge is 2.25. The third-order valence-corrected chi connectivity index (χ3v) is 10.6. The molecule has 1 heterocycles. The summed E-state index contributed by atoms with van der Waals surface area (Å²) in [5.41, 5.74) is 7.67. The van der Waals surface area contributed by atoms with Crippen LogP contribution in [0.1, 0.15) is 133 Å². The summed E-state index contributed by atoms with van der Waals surface area (Å²) in [4.78, 5) is 31.5. The summed E-state index contributed by atoms with van der Waals surface area (Å²) >= 11 is 0. The lowest BCUT2D eigenvalue weighted by molar-refractivity contribution is 0.0950. The number of nitrogens with zero attached hydrogens (tertiary/aromatic N) is 1. The van der Waals surface area contributed by atoms with Gasteiger partial charge in [-0.2, -0.15) is 0 Å². The molecule has 1 saturated carbocycles. The average molecular weight is 638 g/mol. The highest BCUT2D eigenvalue weighted by molar-refractivity contribution is 5.98. The maximum atomic E-state index is 13.4. The second kappa shape index (κ2) is 17.2. The number of ether oxygens (including phenoxy) is 2. The number of rotatable bonds is 12. The van der Waals surface area contributed by atoms with Crippen LogP contribution in [0.4, 0.5) is 0 Å². The number of benzene rings is 2. The molecule has 0 saturated heterocycles. The van der Waals surface area contributed by atoms with E-state index in [0.717, 1.165) is 97.6 Å². The van der Waals surface area contributed by atoms with Crippen molar-refractivity contribution in [2.45, 2.75) is 110 Å². The van der Waals surface area contributed by atoms with Gasteiger partial charge in [0, 0.05) is 49.6 Å². The van der Waals surface area contributed by atoms with Crippen LogP contribution in [-0.4, -0.2) is 36.9 Å². The molecular weight excluding hydrogens is 582 g/mol. The minimum Gasteiger partial charge on any atom is -0.494 e. The topological polar surface area (TPSA) is 65.5 Å². The van der Waals surface area contributed by atoms with E-state index in [1.165, 1.54) is 30.4 Å². The second-order valence-corrected chi connectivity index (χ2v) is 14.2. The smallest absolute Gasteiger partial charge is 0.163 e. The predicted octanol–water partition coefficient (Wildman–Crippen LogP) is 9.57. The Kier molecular flexibility index (Phi) is 12.8. The van der Waals surface area contributed by atoms with Crippen molar-refractivity contribution < 1.29 is 19.1 Å². The monoisotopic (exact) mass is 637 g/mol. The molecule has 4 unspecified atom stereocenters. The van der Waals surface area contributed by atoms with Crippen molar-refractivity contribution in [3.8, 4) is 5.75 Å². The van der Waals surface area contributed by atoms with E-state index < -0.39 is 0 Å². The van der Waals surface area contributed by atoms with Gasteiger partial charge in [0.1, 0.15) is 5.75 Å². The van der Waals surface area contributed by atoms with Crippen LogP contribution >= 0.6 is 0 Å². The van der Waals surface area contributed by atoms with E-state index in [-0.39, 0.29) is 17.5 Å². The highest BCUT2D eigenvalue weighted by atomic mass is 16.5. The van der Waals surface area contributed by atoms with Crippen molar-refractivity contribution in [2.75, 3.05) is 20.3 Å². The van der Waals surface area contributed by atoms with Crippen molar-refractivity contribution in [2.24, 2.45) is 17.8 Å². The van der Waals surface area contributed by atoms with Crippen LogP contribution in [0.2, 0.25) is 0 Å². The largest absolute Gasteiger partial charge is 0.494 e. The lowest BCUT2D eigenvalue weighted by atomic mass is 9.80. The minimum atomic E-state index is 0.232. The SMILES string of the molecule is CCOc1cc(C(=O)CC2CCCC(CCOC)CC2)ccc1CCc1cc2c(cn1)CC(C)CC(=O)c1ccccc1CC2CC. The van der Waals surface area contributed by atoms with E-state index in [1.54, 1.807) is 7.11 Å². The zero-order chi connectivity index (χ0) is 33.2. The Labute approximate surface area is 282 Å². The molecule has 5 heteroatoms. The third kappa shape index (κ3) is 9.41. The first-order chi connectivity index (χ1) is 22.9. The van der Waals surface area contributed by atoms with E-state index in [4.69, 9.17) is 14.5 Å². The number of carbonyl (C=O) groups excluding carboxylic acids is 2. The number of hydrogen-bond donors (Lipinski definition) is 0. The number of pyridine rings is 1. The van der Waals surface area contributed by atoms with E-state index in [1.807, 2.05) is 31.2 Å². The quantitative estimate of drug-likeness (QED) is 0.146. The first kappa shape index (κ1) is 35.0. The Morgan fingerprint density at radius 3 is 2.53 bits per heavy atom. The Morgan fingerprint density at radius 2 is 1.72 bits per heavy atom. The van der Waals surface area contributed by atoms with E-state index in [9.17, 15) is 9.59 Å². The molecule has 252 valence electrons. The van der Waals surface area contributed by atoms with Gasteiger partial charge in [-0.1, -0.05) is 75.9 Å². The number of aromatic nitrogens is 1. The van der Waals surface area contributed by atoms with Crippen molar-refractivity contribution in [3.63, 3.8) is 0 Å². The molecule has 2 aromatic carbocycles.